The van der Waals surface area contributed by atoms with Crippen molar-refractivity contribution in [2.24, 2.45) is 0 Å². The van der Waals surface area contributed by atoms with E-state index in [9.17, 15) is 18.5 Å². The smallest absolute Gasteiger partial charge is 0.269 e. The van der Waals surface area contributed by atoms with Crippen LogP contribution in [-0.4, -0.2) is 32.8 Å². The molecule has 0 N–H and O–H groups in total. The number of ether oxygens (including phenoxy) is 1. The molecule has 0 heterocycles. The van der Waals surface area contributed by atoms with Crippen molar-refractivity contribution < 1.29 is 22.3 Å². The Labute approximate surface area is 124 Å². The summed E-state index contributed by atoms with van der Waals surface area (Å²) in [7, 11) is -3.34. The second-order valence-electron chi connectivity index (χ2n) is 4.54. The molecule has 1 rings (SSSR count). The van der Waals surface area contributed by atoms with E-state index < -0.39 is 15.0 Å². The van der Waals surface area contributed by atoms with E-state index in [0.717, 1.165) is 25.5 Å². The zero-order chi connectivity index (χ0) is 15.7. The number of benzene rings is 1. The highest BCUT2D eigenvalue weighted by Gasteiger charge is 2.04. The Morgan fingerprint density at radius 3 is 2.14 bits per heavy atom. The van der Waals surface area contributed by atoms with E-state index in [1.165, 1.54) is 12.1 Å². The molecule has 0 spiro atoms. The van der Waals surface area contributed by atoms with Gasteiger partial charge in [0.05, 0.1) is 24.4 Å². The molecule has 0 amide bonds. The van der Waals surface area contributed by atoms with Gasteiger partial charge in [-0.05, 0) is 31.4 Å². The van der Waals surface area contributed by atoms with Crippen LogP contribution in [0.2, 0.25) is 0 Å². The number of hydrogen-bond acceptors (Lipinski definition) is 6. The quantitative estimate of drug-likeness (QED) is 0.285. The number of nitro benzene ring substituents is 1. The lowest BCUT2D eigenvalue weighted by atomic mass is 10.2. The predicted molar refractivity (Wildman–Crippen MR) is 77.9 cm³/mol. The van der Waals surface area contributed by atoms with Crippen molar-refractivity contribution in [1.82, 2.24) is 0 Å². The molecular formula is C13H19NO6S. The van der Waals surface area contributed by atoms with Crippen LogP contribution in [0.5, 0.6) is 5.75 Å². The molecule has 1 aromatic rings. The second kappa shape index (κ2) is 8.58. The van der Waals surface area contributed by atoms with Gasteiger partial charge in [0, 0.05) is 12.1 Å². The van der Waals surface area contributed by atoms with Gasteiger partial charge in [0.1, 0.15) is 5.75 Å². The lowest BCUT2D eigenvalue weighted by Gasteiger charge is -2.06. The standard InChI is InChI=1S/C13H19NO6S/c1-21(17,18)20-11-5-3-2-4-10-19-13-8-6-12(7-9-13)14(15)16/h6-9H,2-5,10-11H2,1H3. The van der Waals surface area contributed by atoms with Gasteiger partial charge >= 0.3 is 0 Å². The minimum absolute atomic E-state index is 0.0354. The lowest BCUT2D eigenvalue weighted by molar-refractivity contribution is -0.384. The summed E-state index contributed by atoms with van der Waals surface area (Å²) in [4.78, 5) is 10.0. The SMILES string of the molecule is CS(=O)(=O)OCCCCCCOc1ccc([N+](=O)[O-])cc1. The summed E-state index contributed by atoms with van der Waals surface area (Å²) in [5.41, 5.74) is 0.0354. The molecule has 21 heavy (non-hydrogen) atoms. The number of unbranched alkanes of at least 4 members (excludes halogenated alkanes) is 3. The normalized spacial score (nSPS) is 11.3. The van der Waals surface area contributed by atoms with Crippen molar-refractivity contribution in [3.8, 4) is 5.75 Å². The Balaban J connectivity index is 2.08. The van der Waals surface area contributed by atoms with Gasteiger partial charge in [-0.1, -0.05) is 6.42 Å². The zero-order valence-corrected chi connectivity index (χ0v) is 12.7. The maximum Gasteiger partial charge on any atom is 0.269 e. The molecule has 118 valence electrons. The number of nitro groups is 1. The molecule has 1 aromatic carbocycles. The van der Waals surface area contributed by atoms with Crippen LogP contribution in [0.25, 0.3) is 0 Å². The summed E-state index contributed by atoms with van der Waals surface area (Å²) in [6, 6.07) is 5.94. The molecule has 0 aliphatic rings. The molecule has 0 aromatic heterocycles. The Morgan fingerprint density at radius 2 is 1.62 bits per heavy atom. The number of nitrogens with zero attached hydrogens (tertiary/aromatic N) is 1. The van der Waals surface area contributed by atoms with Crippen LogP contribution in [0.1, 0.15) is 25.7 Å². The average Bonchev–Trinajstić information content (AvgIpc) is 2.41. The molecule has 0 bridgehead atoms. The van der Waals surface area contributed by atoms with E-state index in [2.05, 4.69) is 4.18 Å². The third-order valence-corrected chi connectivity index (χ3v) is 3.25. The van der Waals surface area contributed by atoms with Crippen molar-refractivity contribution in [1.29, 1.82) is 0 Å². The highest BCUT2D eigenvalue weighted by molar-refractivity contribution is 7.85. The molecule has 0 aliphatic heterocycles. The molecule has 8 heteroatoms. The fourth-order valence-electron chi connectivity index (χ4n) is 1.62. The maximum absolute atomic E-state index is 10.7. The first-order chi connectivity index (χ1) is 9.88. The molecule has 0 saturated heterocycles. The van der Waals surface area contributed by atoms with Gasteiger partial charge in [-0.25, -0.2) is 0 Å². The fraction of sp³-hybridized carbons (Fsp3) is 0.538. The highest BCUT2D eigenvalue weighted by atomic mass is 32.2. The highest BCUT2D eigenvalue weighted by Crippen LogP contribution is 2.17. The lowest BCUT2D eigenvalue weighted by Crippen LogP contribution is -2.04. The summed E-state index contributed by atoms with van der Waals surface area (Å²) >= 11 is 0. The first kappa shape index (κ1) is 17.4. The summed E-state index contributed by atoms with van der Waals surface area (Å²) in [6.45, 7) is 0.729. The van der Waals surface area contributed by atoms with Gasteiger partial charge < -0.3 is 4.74 Å². The fourth-order valence-corrected chi connectivity index (χ4v) is 2.04. The van der Waals surface area contributed by atoms with Gasteiger partial charge in [0.15, 0.2) is 0 Å². The number of rotatable bonds is 10. The van der Waals surface area contributed by atoms with E-state index in [-0.39, 0.29) is 12.3 Å². The number of hydrogen-bond donors (Lipinski definition) is 0. The Hall–Kier alpha value is -1.67. The largest absolute Gasteiger partial charge is 0.494 e. The van der Waals surface area contributed by atoms with Crippen molar-refractivity contribution in [3.63, 3.8) is 0 Å². The first-order valence-corrected chi connectivity index (χ1v) is 8.42. The number of non-ortho nitro benzene ring substituents is 1. The summed E-state index contributed by atoms with van der Waals surface area (Å²) < 4.78 is 31.5. The third kappa shape index (κ3) is 8.26. The molecule has 7 nitrogen and oxygen atoms in total. The van der Waals surface area contributed by atoms with Crippen molar-refractivity contribution in [2.75, 3.05) is 19.5 Å². The van der Waals surface area contributed by atoms with E-state index in [0.29, 0.717) is 18.8 Å². The van der Waals surface area contributed by atoms with Crippen LogP contribution < -0.4 is 4.74 Å². The summed E-state index contributed by atoms with van der Waals surface area (Å²) in [5, 5.41) is 10.5. The van der Waals surface area contributed by atoms with Crippen molar-refractivity contribution in [2.45, 2.75) is 25.7 Å². The second-order valence-corrected chi connectivity index (χ2v) is 6.18. The molecule has 0 radical (unpaired) electrons. The van der Waals surface area contributed by atoms with Crippen LogP contribution in [0.15, 0.2) is 24.3 Å². The topological polar surface area (TPSA) is 95.7 Å². The molecular weight excluding hydrogens is 298 g/mol. The summed E-state index contributed by atoms with van der Waals surface area (Å²) in [5.74, 6) is 0.598. The van der Waals surface area contributed by atoms with Gasteiger partial charge in [-0.2, -0.15) is 8.42 Å². The van der Waals surface area contributed by atoms with E-state index >= 15 is 0 Å². The molecule has 0 saturated carbocycles. The van der Waals surface area contributed by atoms with Crippen molar-refractivity contribution in [3.05, 3.63) is 34.4 Å². The van der Waals surface area contributed by atoms with Gasteiger partial charge in [-0.3, -0.25) is 14.3 Å². The third-order valence-electron chi connectivity index (χ3n) is 2.65. The first-order valence-electron chi connectivity index (χ1n) is 6.60. The van der Waals surface area contributed by atoms with Crippen LogP contribution in [0.3, 0.4) is 0 Å². The zero-order valence-electron chi connectivity index (χ0n) is 11.9. The minimum atomic E-state index is -3.34. The van der Waals surface area contributed by atoms with Gasteiger partial charge in [0.25, 0.3) is 15.8 Å². The van der Waals surface area contributed by atoms with E-state index in [1.807, 2.05) is 0 Å². The predicted octanol–water partition coefficient (Wildman–Crippen LogP) is 2.51. The molecule has 0 atom stereocenters. The van der Waals surface area contributed by atoms with Gasteiger partial charge in [0.2, 0.25) is 0 Å². The maximum atomic E-state index is 10.7. The molecule has 0 unspecified atom stereocenters. The monoisotopic (exact) mass is 317 g/mol. The van der Waals surface area contributed by atoms with E-state index in [1.54, 1.807) is 12.1 Å². The Kier molecular flexibility index (Phi) is 7.10. The van der Waals surface area contributed by atoms with Crippen LogP contribution in [0, 0.1) is 10.1 Å². The average molecular weight is 317 g/mol. The van der Waals surface area contributed by atoms with Gasteiger partial charge in [-0.15, -0.1) is 0 Å². The molecule has 0 fully saturated rings. The van der Waals surface area contributed by atoms with Crippen LogP contribution in [0.4, 0.5) is 5.69 Å². The Morgan fingerprint density at radius 1 is 1.05 bits per heavy atom. The molecule has 0 aliphatic carbocycles. The Bertz CT molecular complexity index is 540. The van der Waals surface area contributed by atoms with E-state index in [4.69, 9.17) is 4.74 Å². The van der Waals surface area contributed by atoms with Crippen molar-refractivity contribution >= 4 is 15.8 Å². The summed E-state index contributed by atoms with van der Waals surface area (Å²) in [6.07, 6.45) is 4.31. The van der Waals surface area contributed by atoms with Crippen LogP contribution in [-0.2, 0) is 14.3 Å². The van der Waals surface area contributed by atoms with Crippen LogP contribution >= 0.6 is 0 Å². The minimum Gasteiger partial charge on any atom is -0.494 e.